The number of hydrogen-bond acceptors (Lipinski definition) is 15. The zero-order valence-corrected chi connectivity index (χ0v) is 54.7. The minimum atomic E-state index is -1.96. The van der Waals surface area contributed by atoms with Gasteiger partial charge in [0.25, 0.3) is 0 Å². The minimum Gasteiger partial charge on any atom is -0.508 e. The van der Waals surface area contributed by atoms with E-state index < -0.39 is 138 Å². The van der Waals surface area contributed by atoms with Crippen LogP contribution in [-0.4, -0.2) is 168 Å². The third-order valence-corrected chi connectivity index (χ3v) is 20.6. The lowest BCUT2D eigenvalue weighted by Crippen LogP contribution is -2.60. The first-order chi connectivity index (χ1) is 46.0. The number of imidazole rings is 1. The molecule has 3 fully saturated rings. The lowest BCUT2D eigenvalue weighted by atomic mass is 9.75. The van der Waals surface area contributed by atoms with E-state index in [1.54, 1.807) is 0 Å². The Morgan fingerprint density at radius 2 is 1.42 bits per heavy atom. The van der Waals surface area contributed by atoms with Crippen LogP contribution in [0.15, 0.2) is 85.5 Å². The molecule has 13 N–H and O–H groups in total. The zero-order valence-electron chi connectivity index (χ0n) is 53.1. The van der Waals surface area contributed by atoms with E-state index in [0.717, 1.165) is 11.1 Å². The van der Waals surface area contributed by atoms with Gasteiger partial charge in [0.05, 0.1) is 31.3 Å². The van der Waals surface area contributed by atoms with Crippen molar-refractivity contribution in [1.82, 2.24) is 57.1 Å². The molecule has 3 aromatic carbocycles. The molecule has 29 heteroatoms. The number of rotatable bonds is 11. The molecule has 2 saturated carbocycles. The molecular weight excluding hydrogens is 1280 g/mol. The highest BCUT2D eigenvalue weighted by Crippen LogP contribution is 2.48. The SMILES string of the molecule is C[C@@H]1NC(=O)CCSCc2cccc(c2)CSC[C@@H](C(N)=O)CC(=O)[C@@H]2CCCN2C(=O)[C@H](Cc2ccc(O)cc2)NC(=O)[C@H](Cc2cnc[nH]2)NC(=O)[C@H](CC(=O)O)NC(=O)[C@H](CC2CCC3CCC(F)CC32)NC(=O)[C@H](Cc2c[nH]c3ccc(F)cc23)NC(=O)CNC1=O. The van der Waals surface area contributed by atoms with Gasteiger partial charge < -0.3 is 68.0 Å². The predicted molar refractivity (Wildman–Crippen MR) is 352 cm³/mol. The Morgan fingerprint density at radius 1 is 0.729 bits per heavy atom. The number of carboxylic acids is 1. The summed E-state index contributed by atoms with van der Waals surface area (Å²) in [5, 5.41) is 39.2. The molecule has 2 bridgehead atoms. The molecule has 9 amide bonds. The fraction of sp³-hybridized carbons (Fsp3) is 0.493. The monoisotopic (exact) mass is 1360 g/mol. The molecule has 514 valence electrons. The zero-order chi connectivity index (χ0) is 68.6. The quantitative estimate of drug-likeness (QED) is 0.0901. The smallest absolute Gasteiger partial charge is 0.305 e. The van der Waals surface area contributed by atoms with Crippen LogP contribution < -0.4 is 43.0 Å². The summed E-state index contributed by atoms with van der Waals surface area (Å²) in [5.74, 6) is -10.1. The normalized spacial score (nSPS) is 27.2. The number of carbonyl (C=O) groups is 11. The van der Waals surface area contributed by atoms with E-state index in [1.807, 2.05) is 24.3 Å². The first-order valence-electron chi connectivity index (χ1n) is 32.3. The van der Waals surface area contributed by atoms with Gasteiger partial charge in [-0.25, -0.2) is 13.8 Å². The number of halogens is 2. The standard InChI is InChI=1S/C67H82F2N12O13S2/c1-36-62(89)73-31-59(85)76-51(23-42-29-72-50-16-13-45(69)26-49(42)50)63(90)77-52(22-41-10-9-40-11-12-44(68)25-48(40)41)64(91)79-54(28-60(86)87)66(93)78-53(27-46-30-71-35-74-46)65(92)80-55(21-37-7-14-47(82)15-8-37)67(94)81-18-3-6-56(81)57(83)24-43(61(70)88)34-96-33-39-5-2-4-38(20-39)32-95-19-17-58(84)75-36/h2,4-5,7-8,13-16,20,26,29-30,35-36,40-41,43-44,48,51-56,72,82H,3,6,9-12,17-19,21-25,27-28,31-34H2,1H3,(H2,70,88)(H,71,74)(H,73,89)(H,75,84)(H,76,85)(H,77,90)(H,78,93)(H,79,91)(H,80,92)(H,86,87)/t36-,40?,41?,43-,44?,48?,51-,52-,53-,54-,55-,56-/m0/s1. The highest BCUT2D eigenvalue weighted by atomic mass is 32.2. The number of carboxylic acid groups (broad SMARTS) is 1. The number of hydrogen-bond donors (Lipinski definition) is 12. The molecule has 0 radical (unpaired) electrons. The second-order valence-corrected chi connectivity index (χ2v) is 27.5. The Morgan fingerprint density at radius 3 is 2.15 bits per heavy atom. The van der Waals surface area contributed by atoms with Crippen molar-refractivity contribution in [1.29, 1.82) is 0 Å². The van der Waals surface area contributed by atoms with E-state index in [-0.39, 0.29) is 87.2 Å². The largest absolute Gasteiger partial charge is 0.508 e. The van der Waals surface area contributed by atoms with Gasteiger partial charge in [0.1, 0.15) is 54.0 Å². The van der Waals surface area contributed by atoms with Crippen LogP contribution in [0, 0.1) is 29.5 Å². The number of nitrogens with one attached hydrogen (secondary N) is 9. The average molecular weight is 1370 g/mol. The number of nitrogens with zero attached hydrogens (tertiary/aromatic N) is 2. The van der Waals surface area contributed by atoms with Crippen molar-refractivity contribution >= 4 is 99.3 Å². The number of ketones is 1. The summed E-state index contributed by atoms with van der Waals surface area (Å²) >= 11 is 2.88. The van der Waals surface area contributed by atoms with Gasteiger partial charge in [0.15, 0.2) is 5.78 Å². The molecule has 96 heavy (non-hydrogen) atoms. The van der Waals surface area contributed by atoms with Gasteiger partial charge in [0.2, 0.25) is 53.2 Å². The van der Waals surface area contributed by atoms with Crippen LogP contribution in [-0.2, 0) is 83.5 Å². The second-order valence-electron chi connectivity index (χ2n) is 25.3. The molecule has 5 aromatic rings. The van der Waals surface area contributed by atoms with Gasteiger partial charge >= 0.3 is 5.97 Å². The van der Waals surface area contributed by atoms with Gasteiger partial charge in [-0.15, -0.1) is 0 Å². The Kier molecular flexibility index (Phi) is 25.1. The lowest BCUT2D eigenvalue weighted by Gasteiger charge is -2.33. The number of carbonyl (C=O) groups excluding carboxylic acids is 10. The highest BCUT2D eigenvalue weighted by Gasteiger charge is 2.44. The summed E-state index contributed by atoms with van der Waals surface area (Å²) in [7, 11) is 0. The third-order valence-electron chi connectivity index (χ3n) is 18.4. The van der Waals surface area contributed by atoms with E-state index >= 15 is 14.0 Å². The number of amides is 9. The number of thioether (sulfide) groups is 2. The topological polar surface area (TPSA) is 386 Å². The van der Waals surface area contributed by atoms with Crippen molar-refractivity contribution in [3.63, 3.8) is 0 Å². The highest BCUT2D eigenvalue weighted by molar-refractivity contribution is 7.98. The third kappa shape index (κ3) is 19.9. The summed E-state index contributed by atoms with van der Waals surface area (Å²) in [6, 6.07) is 7.18. The molecule has 25 nitrogen and oxygen atoms in total. The number of aromatic nitrogens is 3. The molecule has 4 unspecified atom stereocenters. The maximum atomic E-state index is 15.2. The Bertz CT molecular complexity index is 3640. The van der Waals surface area contributed by atoms with E-state index in [2.05, 4.69) is 52.2 Å². The Hall–Kier alpha value is -8.86. The number of phenolic OH excluding ortho intramolecular Hbond substituents is 1. The van der Waals surface area contributed by atoms with Crippen molar-refractivity contribution in [3.05, 3.63) is 119 Å². The summed E-state index contributed by atoms with van der Waals surface area (Å²) in [4.78, 5) is 166. The fourth-order valence-electron chi connectivity index (χ4n) is 13.3. The molecule has 2 aliphatic carbocycles. The summed E-state index contributed by atoms with van der Waals surface area (Å²) in [6.07, 6.45) is 3.78. The maximum absolute atomic E-state index is 15.2. The number of primary amides is 1. The van der Waals surface area contributed by atoms with Crippen molar-refractivity contribution in [2.45, 2.75) is 157 Å². The van der Waals surface area contributed by atoms with Crippen molar-refractivity contribution in [2.24, 2.45) is 29.4 Å². The number of phenols is 1. The van der Waals surface area contributed by atoms with Gasteiger partial charge in [-0.1, -0.05) is 36.4 Å². The van der Waals surface area contributed by atoms with Gasteiger partial charge in [0, 0.05) is 90.7 Å². The molecule has 4 heterocycles. The van der Waals surface area contributed by atoms with Crippen LogP contribution in [0.4, 0.5) is 8.78 Å². The number of Topliss-reactive ketones (excluding diaryl/α,β-unsaturated/α-hetero) is 1. The Labute approximate surface area is 561 Å². The summed E-state index contributed by atoms with van der Waals surface area (Å²) in [5.41, 5.74) is 9.40. The number of fused-ring (bicyclic) bond motifs is 5. The fourth-order valence-corrected chi connectivity index (χ4v) is 15.3. The van der Waals surface area contributed by atoms with E-state index in [0.29, 0.717) is 77.1 Å². The maximum Gasteiger partial charge on any atom is 0.305 e. The lowest BCUT2D eigenvalue weighted by molar-refractivity contribution is -0.142. The molecular formula is C67H82F2N12O13S2. The van der Waals surface area contributed by atoms with Crippen LogP contribution >= 0.6 is 23.5 Å². The van der Waals surface area contributed by atoms with Crippen LogP contribution in [0.3, 0.4) is 0 Å². The van der Waals surface area contributed by atoms with E-state index in [9.17, 15) is 57.8 Å². The molecule has 9 rings (SSSR count). The van der Waals surface area contributed by atoms with Crippen molar-refractivity contribution in [2.75, 3.05) is 24.6 Å². The molecule has 1 saturated heterocycles. The number of nitrogens with two attached hydrogens (primary N) is 1. The van der Waals surface area contributed by atoms with Crippen molar-refractivity contribution in [3.8, 4) is 5.75 Å². The first-order valence-corrected chi connectivity index (χ1v) is 34.6. The first kappa shape index (κ1) is 71.4. The number of alkyl halides is 1. The minimum absolute atomic E-state index is 0.0434. The second kappa shape index (κ2) is 33.7. The average Bonchev–Trinajstić information content (AvgIpc) is 1.66. The van der Waals surface area contributed by atoms with Crippen LogP contribution in [0.2, 0.25) is 0 Å². The van der Waals surface area contributed by atoms with Gasteiger partial charge in [-0.05, 0) is 129 Å². The van der Waals surface area contributed by atoms with Crippen molar-refractivity contribution < 1.29 is 71.7 Å². The molecule has 2 aromatic heterocycles. The molecule has 2 aliphatic heterocycles. The van der Waals surface area contributed by atoms with E-state index in [1.165, 1.54) is 96.5 Å². The number of H-pyrrole nitrogens is 2. The summed E-state index contributed by atoms with van der Waals surface area (Å²) < 4.78 is 30.0. The summed E-state index contributed by atoms with van der Waals surface area (Å²) in [6.45, 7) is 0.833. The van der Waals surface area contributed by atoms with Crippen LogP contribution in [0.1, 0.15) is 106 Å². The van der Waals surface area contributed by atoms with Gasteiger partial charge in [-0.3, -0.25) is 52.7 Å². The van der Waals surface area contributed by atoms with Gasteiger partial charge in [-0.2, -0.15) is 23.5 Å². The number of aromatic hydroxyl groups is 1. The number of benzene rings is 3. The molecule has 12 atom stereocenters. The molecule has 4 aliphatic rings. The predicted octanol–water partition coefficient (Wildman–Crippen LogP) is 3.46. The van der Waals surface area contributed by atoms with Crippen LogP contribution in [0.5, 0.6) is 5.75 Å². The number of aliphatic carboxylic acids is 1. The van der Waals surface area contributed by atoms with E-state index in [4.69, 9.17) is 5.73 Å². The van der Waals surface area contributed by atoms with Crippen LogP contribution in [0.25, 0.3) is 10.9 Å². The number of aromatic amines is 2. The Balaban J connectivity index is 1.03. The molecule has 0 spiro atoms.